The molecular weight excluding hydrogens is 1240 g/mol. The lowest BCUT2D eigenvalue weighted by molar-refractivity contribution is 1.50. The van der Waals surface area contributed by atoms with Crippen molar-refractivity contribution in [2.45, 2.75) is 0 Å². The van der Waals surface area contributed by atoms with E-state index in [-0.39, 0.29) is 0 Å². The Bertz CT molecular complexity index is 4470. The van der Waals surface area contributed by atoms with Crippen LogP contribution < -0.4 is 0 Å². The second kappa shape index (κ2) is 25.1. The maximum absolute atomic E-state index is 6.87. The number of hydrogen-bond acceptors (Lipinski definition) is 0. The molecule has 0 spiro atoms. The van der Waals surface area contributed by atoms with Gasteiger partial charge in [0.25, 0.3) is 0 Å². The lowest BCUT2D eigenvalue weighted by Crippen LogP contribution is -2.04. The smallest absolute Gasteiger partial charge is 0.0406 e. The summed E-state index contributed by atoms with van der Waals surface area (Å²) in [5, 5.41) is 1.35. The van der Waals surface area contributed by atoms with Crippen molar-refractivity contribution >= 4 is 55.1 Å². The largest absolute Gasteiger partial charge is 0.0843 e. The van der Waals surface area contributed by atoms with Crippen LogP contribution >= 0.6 is 55.1 Å². The highest BCUT2D eigenvalue weighted by Crippen LogP contribution is 2.60. The molecule has 4 heteroatoms. The standard InChI is InChI=1S/C84H54Br2Cl2/c85-65-47-39-61(40-48-65)75-73(55-23-7-1-8-24-55)79(57-27-11-3-12-28-57)84(82(60-33-17-6-18-34-60)78(75)64-45-53-68(88)54-46-64)72-38-22-20-36-70(72)69-35-19-21-37-71(69)83-80(58-29-13-4-14-30-58)74(56-25-9-2-10-26-56)76(63-43-51-67(87)52-44-63)77(62-41-49-66(86)50-42-62)81(83)59-31-15-5-16-32-59/h1-54H. The van der Waals surface area contributed by atoms with E-state index in [2.05, 4.69) is 335 Å². The van der Waals surface area contributed by atoms with Crippen LogP contribution in [-0.4, -0.2) is 0 Å². The zero-order valence-corrected chi connectivity index (χ0v) is 52.4. The number of hydrogen-bond donors (Lipinski definition) is 0. The van der Waals surface area contributed by atoms with Crippen LogP contribution in [0.2, 0.25) is 10.0 Å². The van der Waals surface area contributed by atoms with Gasteiger partial charge in [0.15, 0.2) is 0 Å². The van der Waals surface area contributed by atoms with Gasteiger partial charge in [-0.3, -0.25) is 0 Å². The fourth-order valence-electron chi connectivity index (χ4n) is 12.9. The van der Waals surface area contributed by atoms with Crippen molar-refractivity contribution in [2.75, 3.05) is 0 Å². The van der Waals surface area contributed by atoms with Gasteiger partial charge in [0.05, 0.1) is 0 Å². The lowest BCUT2D eigenvalue weighted by atomic mass is 9.72. The molecule has 0 bridgehead atoms. The monoisotopic (exact) mass is 1290 g/mol. The second-order valence-corrected chi connectivity index (χ2v) is 24.5. The molecule has 0 fully saturated rings. The molecule has 0 aliphatic heterocycles. The molecule has 14 aromatic carbocycles. The van der Waals surface area contributed by atoms with Crippen LogP contribution in [0.4, 0.5) is 0 Å². The molecule has 88 heavy (non-hydrogen) atoms. The van der Waals surface area contributed by atoms with E-state index in [1.165, 1.54) is 0 Å². The van der Waals surface area contributed by atoms with Crippen molar-refractivity contribution in [3.8, 4) is 145 Å². The molecule has 0 aliphatic rings. The summed E-state index contributed by atoms with van der Waals surface area (Å²) < 4.78 is 2.01. The van der Waals surface area contributed by atoms with E-state index in [1.807, 2.05) is 24.3 Å². The summed E-state index contributed by atoms with van der Waals surface area (Å²) >= 11 is 21.3. The third-order valence-corrected chi connectivity index (χ3v) is 18.2. The Hall–Kier alpha value is -9.38. The Kier molecular flexibility index (Phi) is 16.1. The summed E-state index contributed by atoms with van der Waals surface area (Å²) in [6.07, 6.45) is 0. The van der Waals surface area contributed by atoms with Crippen molar-refractivity contribution < 1.29 is 0 Å². The molecule has 0 heterocycles. The third-order valence-electron chi connectivity index (χ3n) is 16.6. The summed E-state index contributed by atoms with van der Waals surface area (Å²) in [4.78, 5) is 0. The van der Waals surface area contributed by atoms with Crippen molar-refractivity contribution in [1.29, 1.82) is 0 Å². The molecule has 0 radical (unpaired) electrons. The van der Waals surface area contributed by atoms with E-state index in [1.54, 1.807) is 0 Å². The van der Waals surface area contributed by atoms with Gasteiger partial charge in [0, 0.05) is 19.0 Å². The summed E-state index contributed by atoms with van der Waals surface area (Å²) in [5.41, 5.74) is 28.5. The van der Waals surface area contributed by atoms with E-state index >= 15 is 0 Å². The predicted octanol–water partition coefficient (Wildman–Crippen LogP) is 26.2. The summed E-state index contributed by atoms with van der Waals surface area (Å²) in [5.74, 6) is 0. The van der Waals surface area contributed by atoms with Crippen LogP contribution in [-0.2, 0) is 0 Å². The average Bonchev–Trinajstić information content (AvgIpc) is 1.47. The first-order valence-electron chi connectivity index (χ1n) is 29.4. The highest BCUT2D eigenvalue weighted by Gasteiger charge is 2.33. The average molecular weight is 1290 g/mol. The topological polar surface area (TPSA) is 0 Å². The molecule has 14 rings (SSSR count). The van der Waals surface area contributed by atoms with Crippen LogP contribution in [0, 0.1) is 0 Å². The highest BCUT2D eigenvalue weighted by molar-refractivity contribution is 9.10. The van der Waals surface area contributed by atoms with Gasteiger partial charge in [-0.1, -0.05) is 334 Å². The molecule has 0 nitrogen and oxygen atoms in total. The molecule has 0 saturated heterocycles. The molecule has 0 aliphatic carbocycles. The molecule has 0 unspecified atom stereocenters. The van der Waals surface area contributed by atoms with Gasteiger partial charge in [-0.25, -0.2) is 0 Å². The third kappa shape index (κ3) is 10.9. The minimum atomic E-state index is 0.672. The number of benzene rings is 14. The Morgan fingerprint density at radius 2 is 0.307 bits per heavy atom. The Morgan fingerprint density at radius 1 is 0.148 bits per heavy atom. The molecule has 0 aromatic heterocycles. The molecule has 14 aromatic rings. The summed E-state index contributed by atoms with van der Waals surface area (Å²) in [6.45, 7) is 0. The molecule has 418 valence electrons. The number of halogens is 4. The van der Waals surface area contributed by atoms with E-state index < -0.39 is 0 Å². The minimum absolute atomic E-state index is 0.672. The van der Waals surface area contributed by atoms with E-state index in [0.29, 0.717) is 10.0 Å². The van der Waals surface area contributed by atoms with Crippen LogP contribution in [0.25, 0.3) is 145 Å². The zero-order chi connectivity index (χ0) is 59.5. The van der Waals surface area contributed by atoms with E-state index in [9.17, 15) is 0 Å². The van der Waals surface area contributed by atoms with Crippen molar-refractivity contribution in [3.05, 3.63) is 347 Å². The van der Waals surface area contributed by atoms with Crippen molar-refractivity contribution in [3.63, 3.8) is 0 Å². The molecule has 0 saturated carbocycles. The van der Waals surface area contributed by atoms with Gasteiger partial charge in [-0.05, 0) is 193 Å². The Labute approximate surface area is 542 Å². The first-order chi connectivity index (χ1) is 43.4. The van der Waals surface area contributed by atoms with Crippen LogP contribution in [0.5, 0.6) is 0 Å². The number of rotatable bonds is 13. The van der Waals surface area contributed by atoms with E-state index in [4.69, 9.17) is 23.2 Å². The first-order valence-corrected chi connectivity index (χ1v) is 31.8. The Balaban J connectivity index is 1.21. The Morgan fingerprint density at radius 3 is 0.523 bits per heavy atom. The van der Waals surface area contributed by atoms with Gasteiger partial charge >= 0.3 is 0 Å². The van der Waals surface area contributed by atoms with Crippen molar-refractivity contribution in [1.82, 2.24) is 0 Å². The fourth-order valence-corrected chi connectivity index (χ4v) is 13.7. The second-order valence-electron chi connectivity index (χ2n) is 21.8. The van der Waals surface area contributed by atoms with E-state index in [0.717, 1.165) is 154 Å². The SMILES string of the molecule is Clc1ccc(-c2c(-c3ccccc3)c(-c3ccccc3)c(-c3ccccc3-c3ccccc3-c3c(-c4ccccc4)c(-c4ccccc4)c(-c4ccc(Br)cc4)c(-c4ccc(Cl)cc4)c3-c3ccccc3)c(-c3ccccc3)c2-c2ccc(Br)cc2)cc1. The molecule has 0 atom stereocenters. The quantitative estimate of drug-likeness (QED) is 0.108. The molecule has 0 N–H and O–H groups in total. The summed E-state index contributed by atoms with van der Waals surface area (Å²) in [6, 6.07) is 118. The predicted molar refractivity (Wildman–Crippen MR) is 383 cm³/mol. The van der Waals surface area contributed by atoms with Gasteiger partial charge in [0.1, 0.15) is 0 Å². The zero-order valence-electron chi connectivity index (χ0n) is 47.7. The van der Waals surface area contributed by atoms with Gasteiger partial charge in [-0.2, -0.15) is 0 Å². The van der Waals surface area contributed by atoms with Gasteiger partial charge < -0.3 is 0 Å². The maximum Gasteiger partial charge on any atom is 0.0406 e. The molecular formula is C84H54Br2Cl2. The minimum Gasteiger partial charge on any atom is -0.0843 e. The van der Waals surface area contributed by atoms with Crippen LogP contribution in [0.15, 0.2) is 337 Å². The maximum atomic E-state index is 6.87. The fraction of sp³-hybridized carbons (Fsp3) is 0. The van der Waals surface area contributed by atoms with Gasteiger partial charge in [0.2, 0.25) is 0 Å². The van der Waals surface area contributed by atoms with Gasteiger partial charge in [-0.15, -0.1) is 0 Å². The van der Waals surface area contributed by atoms with Crippen LogP contribution in [0.1, 0.15) is 0 Å². The summed E-state index contributed by atoms with van der Waals surface area (Å²) in [7, 11) is 0. The van der Waals surface area contributed by atoms with Crippen molar-refractivity contribution in [2.24, 2.45) is 0 Å². The first kappa shape index (κ1) is 56.4. The lowest BCUT2D eigenvalue weighted by Gasteiger charge is -2.31. The highest BCUT2D eigenvalue weighted by atomic mass is 79.9. The van der Waals surface area contributed by atoms with Crippen LogP contribution in [0.3, 0.4) is 0 Å². The molecule has 0 amide bonds. The normalized spacial score (nSPS) is 11.2.